The van der Waals surface area contributed by atoms with Gasteiger partial charge in [0.1, 0.15) is 11.4 Å². The maximum Gasteiger partial charge on any atom is 0.325 e. The van der Waals surface area contributed by atoms with Gasteiger partial charge in [-0.2, -0.15) is 0 Å². The van der Waals surface area contributed by atoms with Crippen LogP contribution in [0.25, 0.3) is 0 Å². The quantitative estimate of drug-likeness (QED) is 0.495. The van der Waals surface area contributed by atoms with Crippen LogP contribution in [0.15, 0.2) is 42.5 Å². The van der Waals surface area contributed by atoms with Crippen LogP contribution in [0.4, 0.5) is 14.9 Å². The van der Waals surface area contributed by atoms with Gasteiger partial charge in [0.25, 0.3) is 11.6 Å². The van der Waals surface area contributed by atoms with Crippen molar-refractivity contribution in [1.29, 1.82) is 0 Å². The van der Waals surface area contributed by atoms with Crippen molar-refractivity contribution in [3.8, 4) is 0 Å². The molecule has 27 heavy (non-hydrogen) atoms. The van der Waals surface area contributed by atoms with Gasteiger partial charge in [0.2, 0.25) is 0 Å². The van der Waals surface area contributed by atoms with Crippen LogP contribution < -0.4 is 5.32 Å². The number of nitro benzene ring substituents is 1. The van der Waals surface area contributed by atoms with Crippen molar-refractivity contribution in [3.05, 3.63) is 75.1 Å². The molecule has 3 amide bonds. The Morgan fingerprint density at radius 3 is 2.44 bits per heavy atom. The third-order valence-electron chi connectivity index (χ3n) is 4.99. The van der Waals surface area contributed by atoms with Gasteiger partial charge in [-0.05, 0) is 36.6 Å². The molecule has 0 radical (unpaired) electrons. The summed E-state index contributed by atoms with van der Waals surface area (Å²) in [5, 5.41) is 13.8. The van der Waals surface area contributed by atoms with Crippen LogP contribution in [0.3, 0.4) is 0 Å². The Balaban J connectivity index is 1.96. The highest BCUT2D eigenvalue weighted by molar-refractivity contribution is 6.07. The Labute approximate surface area is 154 Å². The average Bonchev–Trinajstić information content (AvgIpc) is 2.88. The van der Waals surface area contributed by atoms with Crippen molar-refractivity contribution >= 4 is 17.6 Å². The van der Waals surface area contributed by atoms with E-state index >= 15 is 0 Å². The van der Waals surface area contributed by atoms with Crippen LogP contribution in [0.1, 0.15) is 30.0 Å². The molecule has 1 fully saturated rings. The minimum Gasteiger partial charge on any atom is -0.319 e. The number of rotatable bonds is 5. The van der Waals surface area contributed by atoms with Crippen molar-refractivity contribution in [2.45, 2.75) is 32.4 Å². The van der Waals surface area contributed by atoms with Crippen molar-refractivity contribution < 1.29 is 18.9 Å². The number of benzene rings is 2. The van der Waals surface area contributed by atoms with Crippen molar-refractivity contribution in [1.82, 2.24) is 10.2 Å². The molecule has 2 aromatic carbocycles. The molecule has 1 atom stereocenters. The molecule has 1 N–H and O–H groups in total. The first-order chi connectivity index (χ1) is 12.8. The van der Waals surface area contributed by atoms with E-state index in [1.54, 1.807) is 19.9 Å². The van der Waals surface area contributed by atoms with Crippen LogP contribution >= 0.6 is 0 Å². The molecule has 1 heterocycles. The van der Waals surface area contributed by atoms with Crippen LogP contribution in [0, 0.1) is 22.9 Å². The molecular weight excluding hydrogens is 353 g/mol. The standard InChI is InChI=1S/C19H18FN3O4/c1-3-19(14-7-9-15(20)10-8-14)17(24)22(18(25)21-19)11-13-5-4-6-16(12(13)2)23(26)27/h4-10H,3,11H2,1-2H3,(H,21,25)/t19-/m1/s1. The van der Waals surface area contributed by atoms with Crippen molar-refractivity contribution in [2.24, 2.45) is 0 Å². The number of nitrogens with one attached hydrogen (secondary N) is 1. The number of urea groups is 1. The molecule has 1 aliphatic heterocycles. The molecule has 0 bridgehead atoms. The first-order valence-electron chi connectivity index (χ1n) is 8.43. The van der Waals surface area contributed by atoms with Gasteiger partial charge in [0.05, 0.1) is 11.5 Å². The normalized spacial score (nSPS) is 19.3. The fraction of sp³-hybridized carbons (Fsp3) is 0.263. The third-order valence-corrected chi connectivity index (χ3v) is 4.99. The lowest BCUT2D eigenvalue weighted by atomic mass is 9.87. The molecule has 2 aromatic rings. The lowest BCUT2D eigenvalue weighted by Gasteiger charge is -2.26. The Hall–Kier alpha value is -3.29. The fourth-order valence-corrected chi connectivity index (χ4v) is 3.35. The first kappa shape index (κ1) is 18.5. The maximum absolute atomic E-state index is 13.3. The van der Waals surface area contributed by atoms with E-state index in [-0.39, 0.29) is 18.7 Å². The lowest BCUT2D eigenvalue weighted by Crippen LogP contribution is -2.43. The van der Waals surface area contributed by atoms with E-state index in [0.717, 1.165) is 4.90 Å². The number of halogens is 1. The maximum atomic E-state index is 13.3. The van der Waals surface area contributed by atoms with E-state index in [1.165, 1.54) is 36.4 Å². The zero-order chi connectivity index (χ0) is 19.8. The molecule has 0 spiro atoms. The van der Waals surface area contributed by atoms with E-state index in [1.807, 2.05) is 0 Å². The highest BCUT2D eigenvalue weighted by atomic mass is 19.1. The molecule has 140 valence electrons. The molecular formula is C19H18FN3O4. The van der Waals surface area contributed by atoms with Gasteiger partial charge in [-0.1, -0.05) is 31.2 Å². The summed E-state index contributed by atoms with van der Waals surface area (Å²) in [7, 11) is 0. The van der Waals surface area contributed by atoms with E-state index in [4.69, 9.17) is 0 Å². The predicted molar refractivity (Wildman–Crippen MR) is 95.3 cm³/mol. The summed E-state index contributed by atoms with van der Waals surface area (Å²) in [6, 6.07) is 9.37. The topological polar surface area (TPSA) is 92.6 Å². The van der Waals surface area contributed by atoms with Crippen LogP contribution in [-0.2, 0) is 16.9 Å². The zero-order valence-electron chi connectivity index (χ0n) is 14.9. The highest BCUT2D eigenvalue weighted by Gasteiger charge is 2.51. The Kier molecular flexibility index (Phi) is 4.65. The number of carbonyl (C=O) groups is 2. The molecule has 3 rings (SSSR count). The summed E-state index contributed by atoms with van der Waals surface area (Å²) in [5.74, 6) is -0.904. The molecule has 0 aromatic heterocycles. The molecule has 0 aliphatic carbocycles. The van der Waals surface area contributed by atoms with Gasteiger partial charge in [-0.3, -0.25) is 19.8 Å². The second kappa shape index (κ2) is 6.79. The molecule has 7 nitrogen and oxygen atoms in total. The van der Waals surface area contributed by atoms with E-state index in [0.29, 0.717) is 16.7 Å². The van der Waals surface area contributed by atoms with Crippen molar-refractivity contribution in [2.75, 3.05) is 0 Å². The summed E-state index contributed by atoms with van der Waals surface area (Å²) < 4.78 is 13.3. The predicted octanol–water partition coefficient (Wildman–Crippen LogP) is 3.40. The average molecular weight is 371 g/mol. The molecule has 1 saturated heterocycles. The molecule has 1 aliphatic rings. The molecule has 0 unspecified atom stereocenters. The Morgan fingerprint density at radius 2 is 1.85 bits per heavy atom. The van der Waals surface area contributed by atoms with E-state index < -0.39 is 28.2 Å². The van der Waals surface area contributed by atoms with Gasteiger partial charge in [0, 0.05) is 11.6 Å². The number of amides is 3. The van der Waals surface area contributed by atoms with Crippen LogP contribution in [0.5, 0.6) is 0 Å². The summed E-state index contributed by atoms with van der Waals surface area (Å²) in [5.41, 5.74) is 0.0554. The summed E-state index contributed by atoms with van der Waals surface area (Å²) in [6.45, 7) is 3.25. The van der Waals surface area contributed by atoms with Gasteiger partial charge in [-0.25, -0.2) is 9.18 Å². The largest absolute Gasteiger partial charge is 0.325 e. The lowest BCUT2D eigenvalue weighted by molar-refractivity contribution is -0.385. The minimum atomic E-state index is -1.28. The summed E-state index contributed by atoms with van der Waals surface area (Å²) in [4.78, 5) is 37.3. The Morgan fingerprint density at radius 1 is 1.19 bits per heavy atom. The number of carbonyl (C=O) groups excluding carboxylic acids is 2. The SMILES string of the molecule is CC[C@]1(c2ccc(F)cc2)NC(=O)N(Cc2cccc([N+](=O)[O-])c2C)C1=O. The minimum absolute atomic E-state index is 0.0696. The Bertz CT molecular complexity index is 929. The third kappa shape index (κ3) is 3.03. The van der Waals surface area contributed by atoms with Crippen LogP contribution in [-0.4, -0.2) is 21.8 Å². The van der Waals surface area contributed by atoms with Gasteiger partial charge < -0.3 is 5.32 Å². The number of nitro groups is 1. The molecule has 0 saturated carbocycles. The van der Waals surface area contributed by atoms with Gasteiger partial charge in [-0.15, -0.1) is 0 Å². The fourth-order valence-electron chi connectivity index (χ4n) is 3.35. The monoisotopic (exact) mass is 371 g/mol. The number of nitrogens with zero attached hydrogens (tertiary/aromatic N) is 2. The number of hydrogen-bond donors (Lipinski definition) is 1. The van der Waals surface area contributed by atoms with Gasteiger partial charge >= 0.3 is 6.03 Å². The van der Waals surface area contributed by atoms with Gasteiger partial charge in [0.15, 0.2) is 0 Å². The summed E-state index contributed by atoms with van der Waals surface area (Å²) in [6.07, 6.45) is 0.285. The summed E-state index contributed by atoms with van der Waals surface area (Å²) >= 11 is 0. The van der Waals surface area contributed by atoms with E-state index in [9.17, 15) is 24.1 Å². The first-order valence-corrected chi connectivity index (χ1v) is 8.43. The van der Waals surface area contributed by atoms with E-state index in [2.05, 4.69) is 5.32 Å². The molecule has 8 heteroatoms. The van der Waals surface area contributed by atoms with Crippen molar-refractivity contribution in [3.63, 3.8) is 0 Å². The second-order valence-corrected chi connectivity index (χ2v) is 6.41. The second-order valence-electron chi connectivity index (χ2n) is 6.41. The zero-order valence-corrected chi connectivity index (χ0v) is 14.9. The smallest absolute Gasteiger partial charge is 0.319 e. The number of imide groups is 1. The number of hydrogen-bond acceptors (Lipinski definition) is 4. The van der Waals surface area contributed by atoms with Crippen LogP contribution in [0.2, 0.25) is 0 Å². The highest BCUT2D eigenvalue weighted by Crippen LogP contribution is 2.34.